The van der Waals surface area contributed by atoms with Gasteiger partial charge in [-0.2, -0.15) is 0 Å². The summed E-state index contributed by atoms with van der Waals surface area (Å²) in [7, 11) is -9.94. The van der Waals surface area contributed by atoms with Crippen molar-refractivity contribution in [1.29, 1.82) is 0 Å². The molecule has 0 rings (SSSR count). The minimum atomic E-state index is -4.97. The molecule has 17 nitrogen and oxygen atoms in total. The first-order valence-electron chi connectivity index (χ1n) is 42.2. The van der Waals surface area contributed by atoms with Crippen molar-refractivity contribution in [2.45, 2.75) is 426 Å². The average Bonchev–Trinajstić information content (AvgIpc) is 0.921. The van der Waals surface area contributed by atoms with Crippen molar-refractivity contribution in [2.75, 3.05) is 39.6 Å². The number of aliphatic hydroxyl groups excluding tert-OH is 1. The van der Waals surface area contributed by atoms with Crippen molar-refractivity contribution in [3.05, 3.63) is 24.3 Å². The minimum Gasteiger partial charge on any atom is -0.462 e. The van der Waals surface area contributed by atoms with Crippen LogP contribution in [0, 0.1) is 17.8 Å². The van der Waals surface area contributed by atoms with Crippen LogP contribution in [-0.4, -0.2) is 96.7 Å². The predicted molar refractivity (Wildman–Crippen MR) is 418 cm³/mol. The third-order valence-electron chi connectivity index (χ3n) is 19.5. The number of carbonyl (C=O) groups excluding carboxylic acids is 4. The van der Waals surface area contributed by atoms with E-state index in [1.165, 1.54) is 199 Å². The van der Waals surface area contributed by atoms with Crippen LogP contribution in [0.15, 0.2) is 24.3 Å². The smallest absolute Gasteiger partial charge is 0.462 e. The number of aliphatic hydroxyl groups is 1. The lowest BCUT2D eigenvalue weighted by Gasteiger charge is -2.21. The van der Waals surface area contributed by atoms with Crippen LogP contribution in [-0.2, 0) is 65.4 Å². The average molecular weight is 1490 g/mol. The largest absolute Gasteiger partial charge is 0.472 e. The Kier molecular flexibility index (Phi) is 71.0. The molecule has 0 aliphatic carbocycles. The molecule has 4 unspecified atom stereocenters. The molecular formula is C83H158O17P2. The molecule has 0 bridgehead atoms. The van der Waals surface area contributed by atoms with Gasteiger partial charge in [0.1, 0.15) is 19.3 Å². The first kappa shape index (κ1) is 99.5. The van der Waals surface area contributed by atoms with Crippen molar-refractivity contribution < 1.29 is 80.2 Å². The number of esters is 4. The monoisotopic (exact) mass is 1490 g/mol. The summed E-state index contributed by atoms with van der Waals surface area (Å²) in [4.78, 5) is 73.0. The van der Waals surface area contributed by atoms with Crippen LogP contribution in [0.4, 0.5) is 0 Å². The van der Waals surface area contributed by atoms with Gasteiger partial charge in [0.05, 0.1) is 26.4 Å². The second-order valence-electron chi connectivity index (χ2n) is 30.1. The van der Waals surface area contributed by atoms with Gasteiger partial charge in [-0.25, -0.2) is 9.13 Å². The summed E-state index contributed by atoms with van der Waals surface area (Å²) in [6.45, 7) is 11.9. The number of rotatable bonds is 79. The molecule has 0 fully saturated rings. The zero-order valence-corrected chi connectivity index (χ0v) is 68.4. The highest BCUT2D eigenvalue weighted by molar-refractivity contribution is 7.47. The Morgan fingerprint density at radius 1 is 0.324 bits per heavy atom. The molecule has 0 amide bonds. The topological polar surface area (TPSA) is 237 Å². The standard InChI is InChI=1S/C83H158O17P2/c1-8-11-12-13-14-15-16-17-22-26-33-38-43-52-59-67-83(88)100-79(71-94-81(86)65-58-51-46-45-49-56-63-76(7)10-3)73-98-102(91,92)96-69-77(84)68-95-101(89,90)97-72-78(70-93-80(85)64-57-50-42-37-32-29-28-30-35-40-47-54-61-74(4)5)99-82(87)66-60-53-44-39-34-27-24-21-19-18-20-23-25-31-36-41-48-55-62-75(6)9-2/h15-17,22,74-79,84H,8-14,18-21,23-73H2,1-7H3,(H,89,90)(H,91,92)/b16-15-,22-17-/t75?,76?,77-,78-,79-/m1/s1. The third kappa shape index (κ3) is 73.1. The molecule has 0 saturated heterocycles. The van der Waals surface area contributed by atoms with Crippen LogP contribution in [0.3, 0.4) is 0 Å². The lowest BCUT2D eigenvalue weighted by molar-refractivity contribution is -0.161. The Labute approximate surface area is 624 Å². The summed E-state index contributed by atoms with van der Waals surface area (Å²) >= 11 is 0. The molecular weight excluding hydrogens is 1330 g/mol. The Balaban J connectivity index is 5.25. The molecule has 0 aromatic heterocycles. The highest BCUT2D eigenvalue weighted by Gasteiger charge is 2.30. The molecule has 19 heteroatoms. The lowest BCUT2D eigenvalue weighted by atomic mass is 9.99. The fourth-order valence-corrected chi connectivity index (χ4v) is 13.8. The normalized spacial score (nSPS) is 14.6. The molecule has 0 saturated carbocycles. The fourth-order valence-electron chi connectivity index (χ4n) is 12.2. The molecule has 0 heterocycles. The summed E-state index contributed by atoms with van der Waals surface area (Å²) < 4.78 is 68.7. The van der Waals surface area contributed by atoms with Gasteiger partial charge in [-0.3, -0.25) is 37.3 Å². The van der Waals surface area contributed by atoms with Gasteiger partial charge in [0.15, 0.2) is 12.2 Å². The maximum atomic E-state index is 13.1. The first-order valence-corrected chi connectivity index (χ1v) is 45.2. The van der Waals surface area contributed by atoms with Crippen LogP contribution >= 0.6 is 15.6 Å². The van der Waals surface area contributed by atoms with Gasteiger partial charge >= 0.3 is 39.5 Å². The molecule has 3 N–H and O–H groups in total. The number of ether oxygens (including phenoxy) is 4. The molecule has 0 aromatic rings. The molecule has 0 spiro atoms. The molecule has 102 heavy (non-hydrogen) atoms. The van der Waals surface area contributed by atoms with Gasteiger partial charge in [-0.1, -0.05) is 355 Å². The van der Waals surface area contributed by atoms with Gasteiger partial charge in [0.2, 0.25) is 0 Å². The third-order valence-corrected chi connectivity index (χ3v) is 21.4. The second-order valence-corrected chi connectivity index (χ2v) is 33.0. The maximum absolute atomic E-state index is 13.1. The molecule has 602 valence electrons. The van der Waals surface area contributed by atoms with E-state index in [2.05, 4.69) is 72.8 Å². The number of carbonyl (C=O) groups is 4. The number of allylic oxidation sites excluding steroid dienone is 4. The number of unbranched alkanes of at least 4 members (excludes halogenated alkanes) is 42. The second kappa shape index (κ2) is 72.7. The van der Waals surface area contributed by atoms with Crippen LogP contribution in [0.2, 0.25) is 0 Å². The maximum Gasteiger partial charge on any atom is 0.472 e. The van der Waals surface area contributed by atoms with Gasteiger partial charge in [-0.05, 0) is 69.1 Å². The summed E-state index contributed by atoms with van der Waals surface area (Å²) in [6.07, 6.45) is 64.7. The molecule has 0 aliphatic rings. The summed E-state index contributed by atoms with van der Waals surface area (Å²) in [6, 6.07) is 0. The van der Waals surface area contributed by atoms with Crippen LogP contribution in [0.25, 0.3) is 0 Å². The van der Waals surface area contributed by atoms with Gasteiger partial charge < -0.3 is 33.8 Å². The van der Waals surface area contributed by atoms with E-state index in [4.69, 9.17) is 37.0 Å². The van der Waals surface area contributed by atoms with Gasteiger partial charge in [0, 0.05) is 25.7 Å². The van der Waals surface area contributed by atoms with E-state index in [0.717, 1.165) is 127 Å². The Bertz CT molecular complexity index is 2070. The Morgan fingerprint density at radius 3 is 0.873 bits per heavy atom. The SMILES string of the molecule is CCCCCC/C=C\C=C/CCCCCCCC(=O)O[C@H](COC(=O)CCCCCCCCC(C)CC)COP(=O)(O)OC[C@H](O)COP(=O)(O)OC[C@@H](COC(=O)CCCCCCCCCCCCCCC(C)C)OC(=O)CCCCCCCCCCCCCCCCCCCCC(C)CC. The predicted octanol–water partition coefficient (Wildman–Crippen LogP) is 24.5. The Morgan fingerprint density at radius 2 is 0.578 bits per heavy atom. The molecule has 0 aromatic carbocycles. The number of hydrogen-bond donors (Lipinski definition) is 3. The van der Waals surface area contributed by atoms with E-state index < -0.39 is 97.5 Å². The zero-order chi connectivity index (χ0) is 75.1. The fraction of sp³-hybridized carbons (Fsp3) is 0.904. The van der Waals surface area contributed by atoms with Crippen LogP contribution < -0.4 is 0 Å². The van der Waals surface area contributed by atoms with E-state index in [1.54, 1.807) is 0 Å². The van der Waals surface area contributed by atoms with E-state index in [-0.39, 0.29) is 25.7 Å². The van der Waals surface area contributed by atoms with Gasteiger partial charge in [-0.15, -0.1) is 0 Å². The Hall–Kier alpha value is -2.46. The molecule has 0 radical (unpaired) electrons. The number of phosphoric ester groups is 2. The highest BCUT2D eigenvalue weighted by atomic mass is 31.2. The van der Waals surface area contributed by atoms with E-state index >= 15 is 0 Å². The highest BCUT2D eigenvalue weighted by Crippen LogP contribution is 2.45. The van der Waals surface area contributed by atoms with E-state index in [9.17, 15) is 43.2 Å². The van der Waals surface area contributed by atoms with Crippen molar-refractivity contribution in [3.63, 3.8) is 0 Å². The zero-order valence-electron chi connectivity index (χ0n) is 66.6. The summed E-state index contributed by atoms with van der Waals surface area (Å²) in [5.74, 6) is 0.237. The first-order chi connectivity index (χ1) is 49.3. The number of hydrogen-bond acceptors (Lipinski definition) is 15. The van der Waals surface area contributed by atoms with Crippen LogP contribution in [0.1, 0.15) is 408 Å². The minimum absolute atomic E-state index is 0.0841. The summed E-state index contributed by atoms with van der Waals surface area (Å²) in [5.41, 5.74) is 0. The molecule has 0 aliphatic heterocycles. The van der Waals surface area contributed by atoms with Gasteiger partial charge in [0.25, 0.3) is 0 Å². The number of phosphoric acid groups is 2. The van der Waals surface area contributed by atoms with E-state index in [1.807, 2.05) is 0 Å². The van der Waals surface area contributed by atoms with Crippen molar-refractivity contribution in [1.82, 2.24) is 0 Å². The summed E-state index contributed by atoms with van der Waals surface area (Å²) in [5, 5.41) is 10.6. The molecule has 7 atom stereocenters. The van der Waals surface area contributed by atoms with E-state index in [0.29, 0.717) is 25.7 Å². The van der Waals surface area contributed by atoms with Crippen molar-refractivity contribution in [3.8, 4) is 0 Å². The van der Waals surface area contributed by atoms with Crippen LogP contribution in [0.5, 0.6) is 0 Å². The van der Waals surface area contributed by atoms with Crippen molar-refractivity contribution >= 4 is 39.5 Å². The quantitative estimate of drug-likeness (QED) is 0.0169. The van der Waals surface area contributed by atoms with Crippen molar-refractivity contribution in [2.24, 2.45) is 17.8 Å². The lowest BCUT2D eigenvalue weighted by Crippen LogP contribution is -2.30.